The van der Waals surface area contributed by atoms with E-state index in [9.17, 15) is 23.1 Å². The Labute approximate surface area is 121 Å². The molecule has 118 valence electrons. The maximum Gasteiger partial charge on any atom is 0.416 e. The molecular weight excluding hydrogens is 285 g/mol. The number of esters is 1. The predicted molar refractivity (Wildman–Crippen MR) is 71.4 cm³/mol. The number of alkyl halides is 3. The Hall–Kier alpha value is -1.56. The molecule has 21 heavy (non-hydrogen) atoms. The Balaban J connectivity index is 3.02. The Kier molecular flexibility index (Phi) is 6.20. The first-order valence-corrected chi connectivity index (χ1v) is 6.74. The van der Waals surface area contributed by atoms with Crippen molar-refractivity contribution in [2.45, 2.75) is 38.5 Å². The van der Waals surface area contributed by atoms with Crippen molar-refractivity contribution in [2.24, 2.45) is 5.92 Å². The molecule has 2 atom stereocenters. The van der Waals surface area contributed by atoms with Gasteiger partial charge in [0.1, 0.15) is 0 Å². The van der Waals surface area contributed by atoms with Gasteiger partial charge in [0, 0.05) is 0 Å². The molecule has 0 amide bonds. The Morgan fingerprint density at radius 1 is 1.38 bits per heavy atom. The standard InChI is InChI=1S/C15H19F3O3/c1-3-4-8-12(14(20)21-2)13(19)10-6-5-7-11(9-10)15(16,17)18/h5-7,9,12-13,19H,3-4,8H2,1-2H3. The van der Waals surface area contributed by atoms with Gasteiger partial charge in [-0.1, -0.05) is 31.9 Å². The van der Waals surface area contributed by atoms with Crippen LogP contribution in [0.3, 0.4) is 0 Å². The van der Waals surface area contributed by atoms with Gasteiger partial charge in [-0.25, -0.2) is 0 Å². The number of carbonyl (C=O) groups excluding carboxylic acids is 1. The highest BCUT2D eigenvalue weighted by Crippen LogP contribution is 2.33. The fourth-order valence-electron chi connectivity index (χ4n) is 2.11. The number of rotatable bonds is 6. The summed E-state index contributed by atoms with van der Waals surface area (Å²) < 4.78 is 42.7. The lowest BCUT2D eigenvalue weighted by Gasteiger charge is -2.21. The van der Waals surface area contributed by atoms with Gasteiger partial charge >= 0.3 is 12.1 Å². The largest absolute Gasteiger partial charge is 0.469 e. The molecule has 6 heteroatoms. The lowest BCUT2D eigenvalue weighted by molar-refractivity contribution is -0.150. The summed E-state index contributed by atoms with van der Waals surface area (Å²) in [6, 6.07) is 4.39. The van der Waals surface area contributed by atoms with Crippen LogP contribution in [0.4, 0.5) is 13.2 Å². The highest BCUT2D eigenvalue weighted by Gasteiger charge is 2.33. The molecule has 2 unspecified atom stereocenters. The van der Waals surface area contributed by atoms with Gasteiger partial charge in [-0.3, -0.25) is 4.79 Å². The predicted octanol–water partition coefficient (Wildman–Crippen LogP) is 3.72. The summed E-state index contributed by atoms with van der Waals surface area (Å²) >= 11 is 0. The Morgan fingerprint density at radius 3 is 2.57 bits per heavy atom. The molecule has 0 saturated heterocycles. The zero-order valence-corrected chi connectivity index (χ0v) is 12.0. The molecule has 0 fully saturated rings. The number of unbranched alkanes of at least 4 members (excludes halogenated alkanes) is 1. The van der Waals surface area contributed by atoms with E-state index in [2.05, 4.69) is 4.74 Å². The second-order valence-corrected chi connectivity index (χ2v) is 4.84. The lowest BCUT2D eigenvalue weighted by Crippen LogP contribution is -2.24. The Morgan fingerprint density at radius 2 is 2.05 bits per heavy atom. The summed E-state index contributed by atoms with van der Waals surface area (Å²) in [4.78, 5) is 11.7. The van der Waals surface area contributed by atoms with Crippen LogP contribution in [0.15, 0.2) is 24.3 Å². The maximum atomic E-state index is 12.7. The third kappa shape index (κ3) is 4.74. The molecule has 0 saturated carbocycles. The first-order chi connectivity index (χ1) is 9.81. The maximum absolute atomic E-state index is 12.7. The van der Waals surface area contributed by atoms with Crippen molar-refractivity contribution in [3.63, 3.8) is 0 Å². The normalized spacial score (nSPS) is 14.6. The van der Waals surface area contributed by atoms with Gasteiger partial charge in [-0.05, 0) is 24.1 Å². The number of methoxy groups -OCH3 is 1. The van der Waals surface area contributed by atoms with Crippen LogP contribution in [0, 0.1) is 5.92 Å². The van der Waals surface area contributed by atoms with Crippen molar-refractivity contribution in [1.82, 2.24) is 0 Å². The van der Waals surface area contributed by atoms with Crippen LogP contribution in [-0.4, -0.2) is 18.2 Å². The minimum atomic E-state index is -4.49. The van der Waals surface area contributed by atoms with Crippen molar-refractivity contribution in [2.75, 3.05) is 7.11 Å². The summed E-state index contributed by atoms with van der Waals surface area (Å²) in [6.45, 7) is 1.92. The van der Waals surface area contributed by atoms with Crippen LogP contribution in [0.5, 0.6) is 0 Å². The third-order valence-electron chi connectivity index (χ3n) is 3.31. The van der Waals surface area contributed by atoms with Crippen molar-refractivity contribution in [3.8, 4) is 0 Å². The number of halogens is 3. The van der Waals surface area contributed by atoms with E-state index in [4.69, 9.17) is 0 Å². The molecule has 0 aliphatic rings. The van der Waals surface area contributed by atoms with Crippen LogP contribution in [0.25, 0.3) is 0 Å². The second kappa shape index (κ2) is 7.45. The Bertz CT molecular complexity index is 471. The van der Waals surface area contributed by atoms with Gasteiger partial charge < -0.3 is 9.84 Å². The van der Waals surface area contributed by atoms with E-state index in [0.29, 0.717) is 12.8 Å². The van der Waals surface area contributed by atoms with Crippen LogP contribution < -0.4 is 0 Å². The molecule has 1 aromatic carbocycles. The first-order valence-electron chi connectivity index (χ1n) is 6.74. The van der Waals surface area contributed by atoms with Gasteiger partial charge in [-0.2, -0.15) is 13.2 Å². The minimum Gasteiger partial charge on any atom is -0.469 e. The number of hydrogen-bond acceptors (Lipinski definition) is 3. The zero-order valence-electron chi connectivity index (χ0n) is 12.0. The third-order valence-corrected chi connectivity index (χ3v) is 3.31. The average molecular weight is 304 g/mol. The monoisotopic (exact) mass is 304 g/mol. The molecule has 0 radical (unpaired) electrons. The topological polar surface area (TPSA) is 46.5 Å². The minimum absolute atomic E-state index is 0.0660. The molecule has 0 spiro atoms. The van der Waals surface area contributed by atoms with Crippen LogP contribution in [-0.2, 0) is 15.7 Å². The molecule has 0 aromatic heterocycles. The lowest BCUT2D eigenvalue weighted by atomic mass is 9.90. The smallest absolute Gasteiger partial charge is 0.416 e. The summed E-state index contributed by atoms with van der Waals surface area (Å²) in [5, 5.41) is 10.2. The van der Waals surface area contributed by atoms with Gasteiger partial charge in [0.15, 0.2) is 0 Å². The number of benzene rings is 1. The number of hydrogen-bond donors (Lipinski definition) is 1. The SMILES string of the molecule is CCCCC(C(=O)OC)C(O)c1cccc(C(F)(F)F)c1. The highest BCUT2D eigenvalue weighted by atomic mass is 19.4. The van der Waals surface area contributed by atoms with Gasteiger partial charge in [0.25, 0.3) is 0 Å². The van der Waals surface area contributed by atoms with E-state index in [1.165, 1.54) is 19.2 Å². The fourth-order valence-corrected chi connectivity index (χ4v) is 2.11. The van der Waals surface area contributed by atoms with E-state index in [0.717, 1.165) is 18.6 Å². The van der Waals surface area contributed by atoms with Crippen LogP contribution in [0.1, 0.15) is 43.4 Å². The van der Waals surface area contributed by atoms with Crippen LogP contribution in [0.2, 0.25) is 0 Å². The van der Waals surface area contributed by atoms with Gasteiger partial charge in [0.05, 0.1) is 24.7 Å². The molecule has 1 aromatic rings. The van der Waals surface area contributed by atoms with E-state index >= 15 is 0 Å². The van der Waals surface area contributed by atoms with E-state index in [-0.39, 0.29) is 5.56 Å². The number of aliphatic hydroxyl groups is 1. The number of aliphatic hydroxyl groups excluding tert-OH is 1. The molecule has 1 N–H and O–H groups in total. The van der Waals surface area contributed by atoms with E-state index in [1.807, 2.05) is 6.92 Å². The van der Waals surface area contributed by atoms with Crippen molar-refractivity contribution < 1.29 is 27.8 Å². The molecule has 0 aliphatic heterocycles. The van der Waals surface area contributed by atoms with Crippen LogP contribution >= 0.6 is 0 Å². The first kappa shape index (κ1) is 17.5. The van der Waals surface area contributed by atoms with Gasteiger partial charge in [-0.15, -0.1) is 0 Å². The molecular formula is C15H19F3O3. The molecule has 1 rings (SSSR count). The van der Waals surface area contributed by atoms with Crippen molar-refractivity contribution >= 4 is 5.97 Å². The quantitative estimate of drug-likeness (QED) is 0.815. The molecule has 0 heterocycles. The summed E-state index contributed by atoms with van der Waals surface area (Å²) in [7, 11) is 1.19. The fraction of sp³-hybridized carbons (Fsp3) is 0.533. The molecule has 3 nitrogen and oxygen atoms in total. The molecule has 0 aliphatic carbocycles. The van der Waals surface area contributed by atoms with Crippen molar-refractivity contribution in [3.05, 3.63) is 35.4 Å². The summed E-state index contributed by atoms with van der Waals surface area (Å²) in [6.07, 6.45) is -3.95. The van der Waals surface area contributed by atoms with E-state index < -0.39 is 29.7 Å². The second-order valence-electron chi connectivity index (χ2n) is 4.84. The summed E-state index contributed by atoms with van der Waals surface area (Å²) in [5.41, 5.74) is -0.783. The number of carbonyl (C=O) groups is 1. The highest BCUT2D eigenvalue weighted by molar-refractivity contribution is 5.73. The average Bonchev–Trinajstić information content (AvgIpc) is 2.46. The summed E-state index contributed by atoms with van der Waals surface area (Å²) in [5.74, 6) is -1.48. The zero-order chi connectivity index (χ0) is 16.0. The van der Waals surface area contributed by atoms with Crippen molar-refractivity contribution in [1.29, 1.82) is 0 Å². The van der Waals surface area contributed by atoms with E-state index in [1.54, 1.807) is 0 Å². The van der Waals surface area contributed by atoms with Gasteiger partial charge in [0.2, 0.25) is 0 Å². The molecule has 0 bridgehead atoms. The number of ether oxygens (including phenoxy) is 1.